The number of hydrogen-bond donors (Lipinski definition) is 3. The van der Waals surface area contributed by atoms with Crippen LogP contribution in [0.1, 0.15) is 22.6 Å². The Morgan fingerprint density at radius 1 is 0.926 bits per heavy atom. The molecular weight excluding hydrogens is 365 g/mol. The van der Waals surface area contributed by atoms with E-state index in [0.717, 1.165) is 23.1 Å². The molecule has 27 heavy (non-hydrogen) atoms. The first-order chi connectivity index (χ1) is 13.0. The highest BCUT2D eigenvalue weighted by atomic mass is 32.2. The molecule has 0 aromatic heterocycles. The average molecular weight is 385 g/mol. The number of anilines is 1. The molecule has 0 amide bonds. The molecular formula is C21H20FNO3S. The minimum atomic E-state index is -2.13. The van der Waals surface area contributed by atoms with E-state index in [0.29, 0.717) is 12.1 Å². The maximum absolute atomic E-state index is 13.3. The van der Waals surface area contributed by atoms with Crippen molar-refractivity contribution in [3.63, 3.8) is 0 Å². The molecule has 0 aliphatic heterocycles. The zero-order chi connectivity index (χ0) is 19.2. The second-order valence-electron chi connectivity index (χ2n) is 6.37. The number of aromatic hydroxyl groups is 1. The van der Waals surface area contributed by atoms with Gasteiger partial charge >= 0.3 is 0 Å². The molecule has 0 aliphatic rings. The summed E-state index contributed by atoms with van der Waals surface area (Å²) in [6.45, 7) is 0. The fourth-order valence-corrected chi connectivity index (χ4v) is 3.44. The van der Waals surface area contributed by atoms with Gasteiger partial charge in [0, 0.05) is 5.69 Å². The van der Waals surface area contributed by atoms with E-state index in [9.17, 15) is 13.7 Å². The van der Waals surface area contributed by atoms with Crippen LogP contribution in [0.15, 0.2) is 72.8 Å². The van der Waals surface area contributed by atoms with E-state index in [-0.39, 0.29) is 17.5 Å². The van der Waals surface area contributed by atoms with E-state index >= 15 is 0 Å². The second kappa shape index (κ2) is 8.79. The van der Waals surface area contributed by atoms with Crippen LogP contribution in [-0.4, -0.2) is 13.9 Å². The smallest absolute Gasteiger partial charge is 0.259 e. The molecule has 0 saturated carbocycles. The Hall–Kier alpha value is -2.70. The Balaban J connectivity index is 1.86. The first-order valence-electron chi connectivity index (χ1n) is 8.49. The maximum Gasteiger partial charge on any atom is 0.259 e. The van der Waals surface area contributed by atoms with Gasteiger partial charge in [0.15, 0.2) is 0 Å². The summed E-state index contributed by atoms with van der Waals surface area (Å²) in [5, 5.41) is 9.48. The molecule has 6 heteroatoms. The lowest BCUT2D eigenvalue weighted by molar-refractivity contribution is 0.475. The van der Waals surface area contributed by atoms with Crippen LogP contribution in [-0.2, 0) is 24.1 Å². The van der Waals surface area contributed by atoms with Gasteiger partial charge in [-0.3, -0.25) is 9.27 Å². The van der Waals surface area contributed by atoms with E-state index in [1.807, 2.05) is 30.3 Å². The maximum atomic E-state index is 13.3. The predicted molar refractivity (Wildman–Crippen MR) is 105 cm³/mol. The van der Waals surface area contributed by atoms with Gasteiger partial charge in [-0.05, 0) is 71.8 Å². The summed E-state index contributed by atoms with van der Waals surface area (Å²) in [6.07, 6.45) is 1.40. The van der Waals surface area contributed by atoms with E-state index in [1.54, 1.807) is 30.3 Å². The van der Waals surface area contributed by atoms with Crippen LogP contribution < -0.4 is 4.72 Å². The van der Waals surface area contributed by atoms with Gasteiger partial charge in [0.2, 0.25) is 0 Å². The zero-order valence-corrected chi connectivity index (χ0v) is 15.3. The summed E-state index contributed by atoms with van der Waals surface area (Å²) in [4.78, 5) is 0. The molecule has 2 unspecified atom stereocenters. The number of halogens is 1. The number of phenolic OH excluding ortho intramolecular Hbond substituents is 1. The second-order valence-corrected chi connectivity index (χ2v) is 7.08. The lowest BCUT2D eigenvalue weighted by atomic mass is 9.86. The van der Waals surface area contributed by atoms with Crippen molar-refractivity contribution in [2.45, 2.75) is 18.8 Å². The van der Waals surface area contributed by atoms with Gasteiger partial charge in [-0.15, -0.1) is 0 Å². The third-order valence-corrected chi connectivity index (χ3v) is 4.78. The lowest BCUT2D eigenvalue weighted by Crippen LogP contribution is -2.08. The van der Waals surface area contributed by atoms with Crippen LogP contribution in [0.4, 0.5) is 10.1 Å². The topological polar surface area (TPSA) is 69.6 Å². The molecule has 3 aromatic carbocycles. The van der Waals surface area contributed by atoms with Gasteiger partial charge in [0.1, 0.15) is 11.6 Å². The zero-order valence-electron chi connectivity index (χ0n) is 14.5. The van der Waals surface area contributed by atoms with Gasteiger partial charge in [0.05, 0.1) is 0 Å². The van der Waals surface area contributed by atoms with E-state index in [2.05, 4.69) is 4.72 Å². The van der Waals surface area contributed by atoms with Gasteiger partial charge in [-0.25, -0.2) is 8.60 Å². The van der Waals surface area contributed by atoms with Crippen molar-refractivity contribution in [3.05, 3.63) is 95.3 Å². The minimum absolute atomic E-state index is 0.0880. The molecule has 0 saturated heterocycles. The van der Waals surface area contributed by atoms with Gasteiger partial charge in [-0.2, -0.15) is 0 Å². The van der Waals surface area contributed by atoms with E-state index in [4.69, 9.17) is 4.55 Å². The Labute approximate surface area is 160 Å². The molecule has 0 bridgehead atoms. The normalized spacial score (nSPS) is 13.1. The van der Waals surface area contributed by atoms with Crippen LogP contribution >= 0.6 is 0 Å². The molecule has 0 aliphatic carbocycles. The molecule has 3 rings (SSSR count). The number of nitrogens with one attached hydrogen (secondary N) is 1. The first kappa shape index (κ1) is 19.1. The lowest BCUT2D eigenvalue weighted by Gasteiger charge is -2.18. The fraction of sp³-hybridized carbons (Fsp3) is 0.143. The van der Waals surface area contributed by atoms with Crippen LogP contribution in [0, 0.1) is 5.82 Å². The van der Waals surface area contributed by atoms with Crippen LogP contribution in [0.5, 0.6) is 5.75 Å². The van der Waals surface area contributed by atoms with Crippen molar-refractivity contribution in [2.24, 2.45) is 0 Å². The largest absolute Gasteiger partial charge is 0.508 e. The molecule has 2 atom stereocenters. The SMILES string of the molecule is O=S(O)Nc1cccc(CC(Cc2ccc(O)cc2)c2ccc(F)cc2)c1. The highest BCUT2D eigenvalue weighted by molar-refractivity contribution is 7.80. The molecule has 0 heterocycles. The predicted octanol–water partition coefficient (Wildman–Crippen LogP) is 4.65. The Morgan fingerprint density at radius 3 is 2.26 bits per heavy atom. The molecule has 0 spiro atoms. The monoisotopic (exact) mass is 385 g/mol. The number of benzene rings is 3. The highest BCUT2D eigenvalue weighted by Gasteiger charge is 2.14. The van der Waals surface area contributed by atoms with E-state index < -0.39 is 11.3 Å². The minimum Gasteiger partial charge on any atom is -0.508 e. The third kappa shape index (κ3) is 5.64. The summed E-state index contributed by atoms with van der Waals surface area (Å²) in [5.74, 6) is 0.0247. The number of hydrogen-bond acceptors (Lipinski definition) is 2. The quantitative estimate of drug-likeness (QED) is 0.519. The Bertz CT molecular complexity index is 913. The van der Waals surface area contributed by atoms with Crippen molar-refractivity contribution in [1.82, 2.24) is 0 Å². The first-order valence-corrected chi connectivity index (χ1v) is 9.60. The number of phenols is 1. The summed E-state index contributed by atoms with van der Waals surface area (Å²) in [6, 6.07) is 20.9. The molecule has 0 fully saturated rings. The van der Waals surface area contributed by atoms with Crippen LogP contribution in [0.3, 0.4) is 0 Å². The van der Waals surface area contributed by atoms with Gasteiger partial charge < -0.3 is 5.11 Å². The van der Waals surface area contributed by atoms with Crippen molar-refractivity contribution < 1.29 is 18.3 Å². The van der Waals surface area contributed by atoms with Crippen LogP contribution in [0.2, 0.25) is 0 Å². The fourth-order valence-electron chi connectivity index (χ4n) is 3.11. The van der Waals surface area contributed by atoms with Gasteiger partial charge in [0.25, 0.3) is 11.3 Å². The molecule has 140 valence electrons. The van der Waals surface area contributed by atoms with Crippen molar-refractivity contribution in [3.8, 4) is 5.75 Å². The van der Waals surface area contributed by atoms with Crippen molar-refractivity contribution >= 4 is 17.0 Å². The molecule has 0 radical (unpaired) electrons. The van der Waals surface area contributed by atoms with Crippen molar-refractivity contribution in [2.75, 3.05) is 4.72 Å². The summed E-state index contributed by atoms with van der Waals surface area (Å²) in [5.41, 5.74) is 3.64. The highest BCUT2D eigenvalue weighted by Crippen LogP contribution is 2.27. The molecule has 3 N–H and O–H groups in total. The molecule has 3 aromatic rings. The van der Waals surface area contributed by atoms with Gasteiger partial charge in [-0.1, -0.05) is 36.4 Å². The number of rotatable bonds is 7. The van der Waals surface area contributed by atoms with Crippen LogP contribution in [0.25, 0.3) is 0 Å². The summed E-state index contributed by atoms with van der Waals surface area (Å²) >= 11 is -2.13. The summed E-state index contributed by atoms with van der Waals surface area (Å²) in [7, 11) is 0. The standard InChI is InChI=1S/C21H20FNO3S/c22-19-8-6-17(7-9-19)18(12-15-4-10-21(24)11-5-15)13-16-2-1-3-20(14-16)23-27(25)26/h1-11,14,18,23-24H,12-13H2,(H,25,26). The molecule has 4 nitrogen and oxygen atoms in total. The Morgan fingerprint density at radius 2 is 1.59 bits per heavy atom. The summed E-state index contributed by atoms with van der Waals surface area (Å²) < 4.78 is 35.8. The Kier molecular flexibility index (Phi) is 6.21. The average Bonchev–Trinajstić information content (AvgIpc) is 2.63. The van der Waals surface area contributed by atoms with E-state index in [1.165, 1.54) is 12.1 Å². The van der Waals surface area contributed by atoms with Crippen molar-refractivity contribution in [1.29, 1.82) is 0 Å². The third-order valence-electron chi connectivity index (χ3n) is 4.37.